The Kier molecular flexibility index (Phi) is 5.15. The largest absolute Gasteiger partial charge is 0.457 e. The molecule has 0 radical (unpaired) electrons. The van der Waals surface area contributed by atoms with Gasteiger partial charge in [-0.25, -0.2) is 0 Å². The molecule has 8 rings (SSSR count). The highest BCUT2D eigenvalue weighted by molar-refractivity contribution is 5.86. The molecule has 3 nitrogen and oxygen atoms in total. The van der Waals surface area contributed by atoms with Crippen LogP contribution in [0.25, 0.3) is 10.9 Å². The SMILES string of the molecule is CC(C)c1cn(C2c3ccccc3Oc3ccccc32)c2ccc(C3c4ccccc4Oc4ccccc43)cc12. The van der Waals surface area contributed by atoms with Crippen molar-refractivity contribution in [3.8, 4) is 23.0 Å². The maximum Gasteiger partial charge on any atom is 0.133 e. The number of para-hydroxylation sites is 4. The Balaban J connectivity index is 1.35. The van der Waals surface area contributed by atoms with Gasteiger partial charge in [0.2, 0.25) is 0 Å². The predicted octanol–water partition coefficient (Wildman–Crippen LogP) is 9.79. The standard InChI is InChI=1S/C37H29NO2/c1-23(2)30-22-38(37-27-13-5-9-17-34(27)40-35-18-10-6-14-28(35)37)31-20-19-24(21-29(30)31)36-25-11-3-7-15-32(25)39-33-16-8-4-12-26(33)36/h3-23,36-37H,1-2H3. The second-order valence-corrected chi connectivity index (χ2v) is 11.1. The fourth-order valence-electron chi connectivity index (χ4n) is 6.61. The van der Waals surface area contributed by atoms with Crippen LogP contribution < -0.4 is 9.47 Å². The molecular formula is C37H29NO2. The number of hydrogen-bond acceptors (Lipinski definition) is 2. The van der Waals surface area contributed by atoms with Gasteiger partial charge in [0, 0.05) is 45.3 Å². The van der Waals surface area contributed by atoms with Gasteiger partial charge in [-0.2, -0.15) is 0 Å². The number of fused-ring (bicyclic) bond motifs is 5. The summed E-state index contributed by atoms with van der Waals surface area (Å²) in [5.41, 5.74) is 8.65. The predicted molar refractivity (Wildman–Crippen MR) is 160 cm³/mol. The molecule has 194 valence electrons. The lowest BCUT2D eigenvalue weighted by Crippen LogP contribution is -2.17. The van der Waals surface area contributed by atoms with Crippen LogP contribution in [0.3, 0.4) is 0 Å². The van der Waals surface area contributed by atoms with Gasteiger partial charge in [0.25, 0.3) is 0 Å². The van der Waals surface area contributed by atoms with E-state index in [2.05, 4.69) is 116 Å². The van der Waals surface area contributed by atoms with Gasteiger partial charge in [-0.05, 0) is 53.4 Å². The third-order valence-electron chi connectivity index (χ3n) is 8.45. The third kappa shape index (κ3) is 3.44. The van der Waals surface area contributed by atoms with Crippen molar-refractivity contribution in [1.29, 1.82) is 0 Å². The summed E-state index contributed by atoms with van der Waals surface area (Å²) < 4.78 is 15.1. The van der Waals surface area contributed by atoms with Gasteiger partial charge in [-0.15, -0.1) is 0 Å². The smallest absolute Gasteiger partial charge is 0.133 e. The Morgan fingerprint density at radius 3 is 1.57 bits per heavy atom. The lowest BCUT2D eigenvalue weighted by atomic mass is 9.82. The summed E-state index contributed by atoms with van der Waals surface area (Å²) in [6, 6.07) is 40.8. The number of benzene rings is 5. The molecule has 3 heteroatoms. The molecule has 40 heavy (non-hydrogen) atoms. The average molecular weight is 520 g/mol. The van der Waals surface area contributed by atoms with Crippen molar-refractivity contribution in [3.05, 3.63) is 155 Å². The summed E-state index contributed by atoms with van der Waals surface area (Å²) in [5.74, 6) is 4.20. The molecule has 0 saturated carbocycles. The molecule has 0 unspecified atom stereocenters. The van der Waals surface area contributed by atoms with Gasteiger partial charge in [0.15, 0.2) is 0 Å². The van der Waals surface area contributed by atoms with Crippen LogP contribution in [0.1, 0.15) is 65.1 Å². The normalized spacial score (nSPS) is 14.2. The highest BCUT2D eigenvalue weighted by Crippen LogP contribution is 2.49. The van der Waals surface area contributed by atoms with Crippen molar-refractivity contribution in [3.63, 3.8) is 0 Å². The van der Waals surface area contributed by atoms with E-state index in [0.29, 0.717) is 5.92 Å². The highest BCUT2D eigenvalue weighted by Gasteiger charge is 2.32. The minimum absolute atomic E-state index is 0.0338. The maximum atomic E-state index is 6.34. The van der Waals surface area contributed by atoms with Crippen molar-refractivity contribution in [2.45, 2.75) is 31.7 Å². The van der Waals surface area contributed by atoms with Gasteiger partial charge in [-0.3, -0.25) is 0 Å². The van der Waals surface area contributed by atoms with E-state index in [9.17, 15) is 0 Å². The van der Waals surface area contributed by atoms with Crippen molar-refractivity contribution in [1.82, 2.24) is 4.57 Å². The van der Waals surface area contributed by atoms with Crippen LogP contribution in [-0.4, -0.2) is 4.57 Å². The first-order chi connectivity index (χ1) is 19.7. The minimum atomic E-state index is 0.0338. The zero-order chi connectivity index (χ0) is 26.8. The van der Waals surface area contributed by atoms with Crippen LogP contribution >= 0.6 is 0 Å². The van der Waals surface area contributed by atoms with E-state index in [1.165, 1.54) is 44.3 Å². The third-order valence-corrected chi connectivity index (χ3v) is 8.45. The highest BCUT2D eigenvalue weighted by atomic mass is 16.5. The first kappa shape index (κ1) is 23.2. The molecule has 3 heterocycles. The van der Waals surface area contributed by atoms with E-state index >= 15 is 0 Å². The number of hydrogen-bond donors (Lipinski definition) is 0. The summed E-state index contributed by atoms with van der Waals surface area (Å²) in [6.07, 6.45) is 2.37. The molecule has 0 fully saturated rings. The zero-order valence-corrected chi connectivity index (χ0v) is 22.5. The van der Waals surface area contributed by atoms with Crippen LogP contribution in [0.5, 0.6) is 23.0 Å². The Bertz CT molecular complexity index is 1820. The van der Waals surface area contributed by atoms with Crippen molar-refractivity contribution in [2.75, 3.05) is 0 Å². The molecule has 0 spiro atoms. The van der Waals surface area contributed by atoms with Crippen LogP contribution in [0.4, 0.5) is 0 Å². The summed E-state index contributed by atoms with van der Waals surface area (Å²) in [5, 5.41) is 1.30. The van der Waals surface area contributed by atoms with Crippen LogP contribution in [-0.2, 0) is 0 Å². The van der Waals surface area contributed by atoms with E-state index in [4.69, 9.17) is 9.47 Å². The quantitative estimate of drug-likeness (QED) is 0.232. The molecular weight excluding hydrogens is 490 g/mol. The number of ether oxygens (including phenoxy) is 2. The fourth-order valence-corrected chi connectivity index (χ4v) is 6.61. The van der Waals surface area contributed by atoms with E-state index < -0.39 is 0 Å². The molecule has 2 aliphatic heterocycles. The molecule has 5 aromatic carbocycles. The number of nitrogens with zero attached hydrogens (tertiary/aromatic N) is 1. The summed E-state index contributed by atoms with van der Waals surface area (Å²) in [6.45, 7) is 4.58. The Morgan fingerprint density at radius 1 is 0.575 bits per heavy atom. The Hall–Kier alpha value is -4.76. The fraction of sp³-hybridized carbons (Fsp3) is 0.135. The summed E-state index contributed by atoms with van der Waals surface area (Å²) in [4.78, 5) is 0. The molecule has 6 aromatic rings. The monoisotopic (exact) mass is 519 g/mol. The lowest BCUT2D eigenvalue weighted by Gasteiger charge is -2.30. The van der Waals surface area contributed by atoms with Crippen molar-refractivity contribution < 1.29 is 9.47 Å². The molecule has 0 amide bonds. The van der Waals surface area contributed by atoms with E-state index in [-0.39, 0.29) is 12.0 Å². The lowest BCUT2D eigenvalue weighted by molar-refractivity contribution is 0.436. The van der Waals surface area contributed by atoms with Crippen LogP contribution in [0, 0.1) is 0 Å². The van der Waals surface area contributed by atoms with Gasteiger partial charge in [0.1, 0.15) is 23.0 Å². The summed E-state index contributed by atoms with van der Waals surface area (Å²) in [7, 11) is 0. The van der Waals surface area contributed by atoms with Gasteiger partial charge in [0.05, 0.1) is 6.04 Å². The molecule has 0 aliphatic carbocycles. The second-order valence-electron chi connectivity index (χ2n) is 11.1. The molecule has 2 aliphatic rings. The average Bonchev–Trinajstić information content (AvgIpc) is 3.37. The van der Waals surface area contributed by atoms with Gasteiger partial charge < -0.3 is 14.0 Å². The number of aromatic nitrogens is 1. The summed E-state index contributed by atoms with van der Waals surface area (Å²) >= 11 is 0. The molecule has 0 N–H and O–H groups in total. The van der Waals surface area contributed by atoms with E-state index in [0.717, 1.165) is 23.0 Å². The van der Waals surface area contributed by atoms with E-state index in [1.807, 2.05) is 24.3 Å². The first-order valence-corrected chi connectivity index (χ1v) is 14.0. The second kappa shape index (κ2) is 8.89. The minimum Gasteiger partial charge on any atom is -0.457 e. The zero-order valence-electron chi connectivity index (χ0n) is 22.5. The Morgan fingerprint density at radius 2 is 1.05 bits per heavy atom. The Labute approximate surface area is 234 Å². The maximum absolute atomic E-state index is 6.34. The van der Waals surface area contributed by atoms with Crippen LogP contribution in [0.15, 0.2) is 121 Å². The van der Waals surface area contributed by atoms with Gasteiger partial charge >= 0.3 is 0 Å². The molecule has 0 bridgehead atoms. The number of rotatable bonds is 3. The van der Waals surface area contributed by atoms with Crippen LogP contribution in [0.2, 0.25) is 0 Å². The topological polar surface area (TPSA) is 23.4 Å². The van der Waals surface area contributed by atoms with Crippen molar-refractivity contribution in [2.24, 2.45) is 0 Å². The molecule has 0 saturated heterocycles. The molecule has 0 atom stereocenters. The van der Waals surface area contributed by atoms with Gasteiger partial charge in [-0.1, -0.05) is 92.7 Å². The first-order valence-electron chi connectivity index (χ1n) is 14.0. The molecule has 1 aromatic heterocycles. The van der Waals surface area contributed by atoms with E-state index in [1.54, 1.807) is 0 Å². The van der Waals surface area contributed by atoms with Crippen molar-refractivity contribution >= 4 is 10.9 Å².